The van der Waals surface area contributed by atoms with Crippen LogP contribution in [0.3, 0.4) is 0 Å². The number of carbonyl (C=O) groups excluding carboxylic acids is 2. The van der Waals surface area contributed by atoms with Gasteiger partial charge in [0.15, 0.2) is 8.32 Å². The van der Waals surface area contributed by atoms with Crippen LogP contribution in [0.15, 0.2) is 217 Å². The van der Waals surface area contributed by atoms with Crippen LogP contribution in [0.25, 0.3) is 72.4 Å². The molecule has 30 heteroatoms. The molecular weight excluding hydrogens is 1670 g/mol. The monoisotopic (exact) mass is 1750 g/mol. The van der Waals surface area contributed by atoms with Gasteiger partial charge in [0, 0.05) is 92.0 Å². The Morgan fingerprint density at radius 1 is 0.500 bits per heavy atom. The maximum atomic E-state index is 13.7. The zero-order chi connectivity index (χ0) is 81.0. The average molecular weight is 1750 g/mol. The summed E-state index contributed by atoms with van der Waals surface area (Å²) in [5.41, 5.74) is 13.1. The molecule has 0 radical (unpaired) electrons. The van der Waals surface area contributed by atoms with Crippen molar-refractivity contribution < 1.29 is 19.1 Å². The van der Waals surface area contributed by atoms with Crippen molar-refractivity contribution in [1.29, 1.82) is 0 Å². The molecular formula is C84H81Br2Cl4N19O4Si. The van der Waals surface area contributed by atoms with Crippen molar-refractivity contribution in [3.8, 4) is 22.7 Å². The third-order valence-electron chi connectivity index (χ3n) is 19.2. The number of nitrogens with one attached hydrogen (secondary N) is 1. The van der Waals surface area contributed by atoms with E-state index in [1.807, 2.05) is 129 Å². The quantitative estimate of drug-likeness (QED) is 0.0634. The number of hydrogen-bond acceptors (Lipinski definition) is 17. The van der Waals surface area contributed by atoms with Gasteiger partial charge in [-0.1, -0.05) is 124 Å². The Labute approximate surface area is 697 Å². The summed E-state index contributed by atoms with van der Waals surface area (Å²) in [7, 11) is -2.02. The molecule has 15 aromatic rings. The number of fused-ring (bicyclic) bond motifs is 5. The van der Waals surface area contributed by atoms with Crippen molar-refractivity contribution >= 4 is 165 Å². The zero-order valence-corrected chi connectivity index (χ0v) is 71.3. The minimum atomic E-state index is -2.02. The second-order valence-corrected chi connectivity index (χ2v) is 36.0. The molecule has 5 aromatic carbocycles. The lowest BCUT2D eigenvalue weighted by Crippen LogP contribution is -2.43. The number of halogens is 6. The number of aliphatic hydroxyl groups excluding tert-OH is 1. The summed E-state index contributed by atoms with van der Waals surface area (Å²) in [6, 6.07) is 38.5. The Morgan fingerprint density at radius 2 is 0.868 bits per heavy atom. The lowest BCUT2D eigenvalue weighted by atomic mass is 10.1. The fourth-order valence-electron chi connectivity index (χ4n) is 12.1. The molecule has 1 aliphatic rings. The Balaban J connectivity index is 0.000000139. The maximum Gasteiger partial charge on any atom is 0.264 e. The van der Waals surface area contributed by atoms with E-state index in [0.29, 0.717) is 36.2 Å². The smallest absolute Gasteiger partial charge is 0.264 e. The van der Waals surface area contributed by atoms with E-state index in [-0.39, 0.29) is 55.8 Å². The van der Waals surface area contributed by atoms with Crippen molar-refractivity contribution in [1.82, 2.24) is 78.1 Å². The van der Waals surface area contributed by atoms with Crippen LogP contribution in [0, 0.1) is 27.7 Å². The third-order valence-corrected chi connectivity index (χ3v) is 25.8. The first-order valence-electron chi connectivity index (χ1n) is 36.4. The highest BCUT2D eigenvalue weighted by atomic mass is 79.9. The first-order valence-corrected chi connectivity index (χ1v) is 42.4. The van der Waals surface area contributed by atoms with Gasteiger partial charge in [0.1, 0.15) is 67.7 Å². The molecule has 10 aromatic heterocycles. The molecule has 23 nitrogen and oxygen atoms in total. The molecule has 0 fully saturated rings. The Kier molecular flexibility index (Phi) is 27.0. The van der Waals surface area contributed by atoms with E-state index in [4.69, 9.17) is 50.8 Å². The molecule has 582 valence electrons. The highest BCUT2D eigenvalue weighted by Crippen LogP contribution is 2.38. The second kappa shape index (κ2) is 37.2. The Hall–Kier alpha value is -10.5. The van der Waals surface area contributed by atoms with E-state index in [0.717, 1.165) is 95.7 Å². The number of amides is 2. The SMILES string of the molecule is Brc1ccc2c(c1)C=CC2.CCCNc1ccc2c(ccn2-c2cnc(C)nc2)c1.Cc1ncc(-n2ccc3cc(Br)ccc32)cn1.Cc1ncc(-n2ccc3cc(N(CCO)C(=O)c4c(Cl)ncnc4Cl)ccc32)cn1.Cc1ncc(-n2ccc3cc(N(CCO[Si](C)(C)C(C)(C)C)C(=O)c4c(Cl)ncnc4Cl)ccc32)cn1. The van der Waals surface area contributed by atoms with Gasteiger partial charge in [-0.25, -0.2) is 59.8 Å². The molecule has 1 aliphatic carbocycles. The molecule has 0 atom stereocenters. The van der Waals surface area contributed by atoms with E-state index in [1.165, 1.54) is 45.0 Å². The molecule has 0 spiro atoms. The van der Waals surface area contributed by atoms with Gasteiger partial charge in [-0.2, -0.15) is 0 Å². The molecule has 0 aliphatic heterocycles. The first-order chi connectivity index (χ1) is 54.7. The predicted molar refractivity (Wildman–Crippen MR) is 465 cm³/mol. The van der Waals surface area contributed by atoms with E-state index in [1.54, 1.807) is 35.8 Å². The maximum absolute atomic E-state index is 13.7. The molecule has 2 N–H and O–H groups in total. The highest BCUT2D eigenvalue weighted by molar-refractivity contribution is 9.10. The third kappa shape index (κ3) is 19.8. The van der Waals surface area contributed by atoms with Gasteiger partial charge in [-0.05, 0) is 179 Å². The molecule has 0 unspecified atom stereocenters. The van der Waals surface area contributed by atoms with Gasteiger partial charge in [0.25, 0.3) is 11.8 Å². The summed E-state index contributed by atoms with van der Waals surface area (Å²) >= 11 is 31.6. The summed E-state index contributed by atoms with van der Waals surface area (Å²) in [5, 5.41) is 17.1. The number of aliphatic hydroxyl groups is 1. The van der Waals surface area contributed by atoms with Crippen LogP contribution in [0.4, 0.5) is 17.1 Å². The lowest BCUT2D eigenvalue weighted by molar-refractivity contribution is 0.0973. The number of anilines is 3. The minimum Gasteiger partial charge on any atom is -0.415 e. The van der Waals surface area contributed by atoms with Crippen LogP contribution in [-0.4, -0.2) is 136 Å². The second-order valence-electron chi connectivity index (χ2n) is 27.9. The standard InChI is InChI=1S/C26H30Cl2N6O2Si.C20H16Cl2N6O2.C16H18N4.C13H10BrN3.C9H7Br/c1-17-29-14-20(15-30-17)33-10-9-18-13-19(7-8-21(18)33)34(11-12-36-37(5,6)26(2,3)4)25(35)22-23(27)31-16-32-24(22)28;1-12-23-9-15(10-24-12)27-5-4-13-8-14(2-3-16(13)27)28(6-7-29)20(30)17-18(21)25-11-26-19(17)22;1-3-7-17-14-4-5-16-13(9-14)6-8-20(16)15-10-18-12(2)19-11-15;1-9-15-7-12(8-16-9)17-5-4-10-6-11(14)2-3-13(10)17;10-9-5-4-7-2-1-3-8(7)6-9/h7-10,13-16H,11-12H2,1-6H3;2-5,8-11,29H,6-7H2,1H3;4-6,8-11,17H,3,7H2,1-2H3;2-8H,1H3;1,3-6H,2H2. The van der Waals surface area contributed by atoms with Gasteiger partial charge in [-0.15, -0.1) is 0 Å². The van der Waals surface area contributed by atoms with Crippen molar-refractivity contribution in [2.45, 2.75) is 86.4 Å². The van der Waals surface area contributed by atoms with Gasteiger partial charge in [0.2, 0.25) is 0 Å². The number of benzene rings is 5. The summed E-state index contributed by atoms with van der Waals surface area (Å²) in [5.74, 6) is 2.09. The number of aromatic nitrogens is 16. The molecule has 0 saturated carbocycles. The minimum absolute atomic E-state index is 0.00640. The number of hydrogen-bond donors (Lipinski definition) is 2. The van der Waals surface area contributed by atoms with Crippen LogP contribution in [0.1, 0.15) is 89.3 Å². The van der Waals surface area contributed by atoms with E-state index < -0.39 is 14.2 Å². The van der Waals surface area contributed by atoms with Crippen LogP contribution < -0.4 is 15.1 Å². The van der Waals surface area contributed by atoms with Crippen molar-refractivity contribution in [2.75, 3.05) is 48.0 Å². The zero-order valence-electron chi connectivity index (χ0n) is 64.1. The van der Waals surface area contributed by atoms with Crippen molar-refractivity contribution in [3.05, 3.63) is 283 Å². The van der Waals surface area contributed by atoms with Gasteiger partial charge in [0.05, 0.1) is 108 Å². The number of rotatable bonds is 17. The predicted octanol–water partition coefficient (Wildman–Crippen LogP) is 20.0. The van der Waals surface area contributed by atoms with Crippen LogP contribution in [-0.2, 0) is 10.8 Å². The normalized spacial score (nSPS) is 11.6. The number of allylic oxidation sites excluding steroid dienone is 1. The van der Waals surface area contributed by atoms with Crippen LogP contribution >= 0.6 is 78.3 Å². The fraction of sp³-hybridized carbons (Fsp3) is 0.214. The summed E-state index contributed by atoms with van der Waals surface area (Å²) < 4.78 is 16.8. The molecule has 16 rings (SSSR count). The molecule has 0 bridgehead atoms. The largest absolute Gasteiger partial charge is 0.415 e. The van der Waals surface area contributed by atoms with Crippen molar-refractivity contribution in [3.63, 3.8) is 0 Å². The molecule has 10 heterocycles. The average Bonchev–Trinajstić information content (AvgIpc) is 0.882. The van der Waals surface area contributed by atoms with Gasteiger partial charge < -0.3 is 42.9 Å². The number of carbonyl (C=O) groups is 2. The summed E-state index contributed by atoms with van der Waals surface area (Å²) in [4.78, 5) is 79.5. The summed E-state index contributed by atoms with van der Waals surface area (Å²) in [6.45, 7) is 22.0. The molecule has 114 heavy (non-hydrogen) atoms. The van der Waals surface area contributed by atoms with Gasteiger partial charge >= 0.3 is 0 Å². The van der Waals surface area contributed by atoms with E-state index in [9.17, 15) is 14.7 Å². The molecule has 0 saturated heterocycles. The fourth-order valence-corrected chi connectivity index (χ4v) is 14.9. The highest BCUT2D eigenvalue weighted by Gasteiger charge is 2.37. The number of nitrogens with zero attached hydrogens (tertiary/aromatic N) is 18. The van der Waals surface area contributed by atoms with Crippen LogP contribution in [0.5, 0.6) is 0 Å². The molecule has 2 amide bonds. The lowest BCUT2D eigenvalue weighted by Gasteiger charge is -2.37. The Bertz CT molecular complexity index is 5900. The van der Waals surface area contributed by atoms with E-state index >= 15 is 0 Å². The first kappa shape index (κ1) is 82.9. The number of aryl methyl sites for hydroxylation is 4. The summed E-state index contributed by atoms with van der Waals surface area (Å²) in [6.07, 6.45) is 31.4. The van der Waals surface area contributed by atoms with Crippen LogP contribution in [0.2, 0.25) is 38.7 Å². The van der Waals surface area contributed by atoms with Gasteiger partial charge in [-0.3, -0.25) is 9.59 Å². The van der Waals surface area contributed by atoms with E-state index in [2.05, 4.69) is 226 Å². The van der Waals surface area contributed by atoms with Crippen molar-refractivity contribution in [2.24, 2.45) is 0 Å². The Morgan fingerprint density at radius 3 is 1.27 bits per heavy atom. The topological polar surface area (TPSA) is 257 Å².